The second kappa shape index (κ2) is 4.85. The van der Waals surface area contributed by atoms with E-state index in [2.05, 4.69) is 48.0 Å². The van der Waals surface area contributed by atoms with Crippen molar-refractivity contribution in [3.63, 3.8) is 0 Å². The van der Waals surface area contributed by atoms with Gasteiger partial charge in [0.2, 0.25) is 0 Å². The van der Waals surface area contributed by atoms with Gasteiger partial charge < -0.3 is 15.5 Å². The highest BCUT2D eigenvalue weighted by Crippen LogP contribution is 2.24. The van der Waals surface area contributed by atoms with Crippen molar-refractivity contribution in [1.82, 2.24) is 4.90 Å². The van der Waals surface area contributed by atoms with Gasteiger partial charge in [0.1, 0.15) is 0 Å². The zero-order chi connectivity index (χ0) is 11.5. The average molecular weight is 219 g/mol. The molecule has 1 aliphatic heterocycles. The van der Waals surface area contributed by atoms with E-state index in [1.54, 1.807) is 0 Å². The third-order valence-corrected chi connectivity index (χ3v) is 3.35. The van der Waals surface area contributed by atoms with Crippen molar-refractivity contribution in [2.45, 2.75) is 19.5 Å². The third kappa shape index (κ3) is 2.20. The standard InChI is InChI=1S/C13H21N3/c1-11-10-15(2)7-8-16(11)13-6-4-3-5-12(13)9-14/h3-6,11H,7-10,14H2,1-2H3. The maximum Gasteiger partial charge on any atom is 0.0415 e. The normalized spacial score (nSPS) is 22.4. The predicted molar refractivity (Wildman–Crippen MR) is 68.6 cm³/mol. The Morgan fingerprint density at radius 3 is 2.75 bits per heavy atom. The van der Waals surface area contributed by atoms with E-state index >= 15 is 0 Å². The fraction of sp³-hybridized carbons (Fsp3) is 0.538. The van der Waals surface area contributed by atoms with Gasteiger partial charge in [-0.25, -0.2) is 0 Å². The second-order valence-corrected chi connectivity index (χ2v) is 4.64. The molecule has 1 aliphatic rings. The van der Waals surface area contributed by atoms with Gasteiger partial charge >= 0.3 is 0 Å². The van der Waals surface area contributed by atoms with Crippen LogP contribution in [0, 0.1) is 0 Å². The molecule has 3 nitrogen and oxygen atoms in total. The van der Waals surface area contributed by atoms with Gasteiger partial charge in [0.15, 0.2) is 0 Å². The lowest BCUT2D eigenvalue weighted by atomic mass is 10.1. The summed E-state index contributed by atoms with van der Waals surface area (Å²) in [5, 5.41) is 0. The summed E-state index contributed by atoms with van der Waals surface area (Å²) < 4.78 is 0. The first-order valence-corrected chi connectivity index (χ1v) is 5.95. The molecular weight excluding hydrogens is 198 g/mol. The van der Waals surface area contributed by atoms with Gasteiger partial charge in [-0.2, -0.15) is 0 Å². The van der Waals surface area contributed by atoms with Gasteiger partial charge in [0.25, 0.3) is 0 Å². The van der Waals surface area contributed by atoms with Gasteiger partial charge in [0.05, 0.1) is 0 Å². The van der Waals surface area contributed by atoms with E-state index in [0.29, 0.717) is 12.6 Å². The maximum absolute atomic E-state index is 5.79. The van der Waals surface area contributed by atoms with E-state index in [-0.39, 0.29) is 0 Å². The number of anilines is 1. The van der Waals surface area contributed by atoms with E-state index in [9.17, 15) is 0 Å². The van der Waals surface area contributed by atoms with E-state index in [4.69, 9.17) is 5.73 Å². The van der Waals surface area contributed by atoms with Crippen LogP contribution in [0.4, 0.5) is 5.69 Å². The lowest BCUT2D eigenvalue weighted by Gasteiger charge is -2.40. The Bertz CT molecular complexity index is 351. The summed E-state index contributed by atoms with van der Waals surface area (Å²) in [6.45, 7) is 6.25. The average Bonchev–Trinajstić information content (AvgIpc) is 2.29. The Morgan fingerprint density at radius 2 is 2.06 bits per heavy atom. The monoisotopic (exact) mass is 219 g/mol. The van der Waals surface area contributed by atoms with Crippen LogP contribution in [-0.4, -0.2) is 37.6 Å². The number of para-hydroxylation sites is 1. The molecule has 0 amide bonds. The molecule has 2 rings (SSSR count). The van der Waals surface area contributed by atoms with Crippen LogP contribution >= 0.6 is 0 Å². The summed E-state index contributed by atoms with van der Waals surface area (Å²) >= 11 is 0. The topological polar surface area (TPSA) is 32.5 Å². The Balaban J connectivity index is 2.23. The first-order valence-electron chi connectivity index (χ1n) is 5.95. The van der Waals surface area contributed by atoms with E-state index < -0.39 is 0 Å². The number of rotatable bonds is 2. The second-order valence-electron chi connectivity index (χ2n) is 4.64. The molecule has 0 bridgehead atoms. The number of hydrogen-bond donors (Lipinski definition) is 1. The molecule has 0 aromatic heterocycles. The maximum atomic E-state index is 5.79. The molecule has 1 atom stereocenters. The molecule has 1 unspecified atom stereocenters. The molecule has 1 fully saturated rings. The molecule has 1 aromatic rings. The summed E-state index contributed by atoms with van der Waals surface area (Å²) in [7, 11) is 2.18. The number of piperazine rings is 1. The van der Waals surface area contributed by atoms with Crippen molar-refractivity contribution >= 4 is 5.69 Å². The van der Waals surface area contributed by atoms with Crippen LogP contribution in [-0.2, 0) is 6.54 Å². The lowest BCUT2D eigenvalue weighted by Crippen LogP contribution is -2.50. The van der Waals surface area contributed by atoms with Crippen LogP contribution < -0.4 is 10.6 Å². The quantitative estimate of drug-likeness (QED) is 0.813. The fourth-order valence-electron chi connectivity index (χ4n) is 2.46. The minimum Gasteiger partial charge on any atom is -0.366 e. The Morgan fingerprint density at radius 1 is 1.31 bits per heavy atom. The molecule has 16 heavy (non-hydrogen) atoms. The lowest BCUT2D eigenvalue weighted by molar-refractivity contribution is 0.275. The third-order valence-electron chi connectivity index (χ3n) is 3.35. The molecule has 1 heterocycles. The molecule has 0 aliphatic carbocycles. The molecule has 0 radical (unpaired) electrons. The molecule has 88 valence electrons. The highest BCUT2D eigenvalue weighted by Gasteiger charge is 2.22. The summed E-state index contributed by atoms with van der Waals surface area (Å²) in [5.41, 5.74) is 8.35. The van der Waals surface area contributed by atoms with Crippen molar-refractivity contribution in [2.24, 2.45) is 5.73 Å². The number of hydrogen-bond acceptors (Lipinski definition) is 3. The minimum atomic E-state index is 0.562. The Labute approximate surface area is 97.8 Å². The molecule has 1 saturated heterocycles. The molecular formula is C13H21N3. The molecule has 0 saturated carbocycles. The van der Waals surface area contributed by atoms with Crippen molar-refractivity contribution < 1.29 is 0 Å². The summed E-state index contributed by atoms with van der Waals surface area (Å²) in [6.07, 6.45) is 0. The zero-order valence-electron chi connectivity index (χ0n) is 10.2. The van der Waals surface area contributed by atoms with E-state index in [1.165, 1.54) is 11.3 Å². The van der Waals surface area contributed by atoms with Crippen molar-refractivity contribution in [1.29, 1.82) is 0 Å². The Hall–Kier alpha value is -1.06. The number of nitrogens with zero attached hydrogens (tertiary/aromatic N) is 2. The van der Waals surface area contributed by atoms with Gasteiger partial charge in [-0.05, 0) is 25.6 Å². The van der Waals surface area contributed by atoms with Gasteiger partial charge in [-0.15, -0.1) is 0 Å². The molecule has 2 N–H and O–H groups in total. The van der Waals surface area contributed by atoms with Crippen LogP contribution in [0.3, 0.4) is 0 Å². The smallest absolute Gasteiger partial charge is 0.0415 e. The largest absolute Gasteiger partial charge is 0.366 e. The van der Waals surface area contributed by atoms with Crippen molar-refractivity contribution in [3.8, 4) is 0 Å². The summed E-state index contributed by atoms with van der Waals surface area (Å²) in [6, 6.07) is 9.03. The van der Waals surface area contributed by atoms with Gasteiger partial charge in [-0.3, -0.25) is 0 Å². The van der Waals surface area contributed by atoms with Gasteiger partial charge in [-0.1, -0.05) is 18.2 Å². The Kier molecular flexibility index (Phi) is 3.46. The van der Waals surface area contributed by atoms with Gasteiger partial charge in [0, 0.05) is 37.9 Å². The van der Waals surface area contributed by atoms with Crippen LogP contribution in [0.2, 0.25) is 0 Å². The molecule has 0 spiro atoms. The molecule has 3 heteroatoms. The zero-order valence-corrected chi connectivity index (χ0v) is 10.2. The minimum absolute atomic E-state index is 0.562. The van der Waals surface area contributed by atoms with Crippen LogP contribution in [0.15, 0.2) is 24.3 Å². The number of likely N-dealkylation sites (N-methyl/N-ethyl adjacent to an activating group) is 1. The summed E-state index contributed by atoms with van der Waals surface area (Å²) in [4.78, 5) is 4.86. The van der Waals surface area contributed by atoms with Crippen LogP contribution in [0.25, 0.3) is 0 Å². The number of nitrogens with two attached hydrogens (primary N) is 1. The SMILES string of the molecule is CC1CN(C)CCN1c1ccccc1CN. The first-order chi connectivity index (χ1) is 7.72. The highest BCUT2D eigenvalue weighted by atomic mass is 15.3. The molecule has 1 aromatic carbocycles. The van der Waals surface area contributed by atoms with Crippen LogP contribution in [0.1, 0.15) is 12.5 Å². The number of benzene rings is 1. The van der Waals surface area contributed by atoms with Crippen molar-refractivity contribution in [3.05, 3.63) is 29.8 Å². The summed E-state index contributed by atoms with van der Waals surface area (Å²) in [5.74, 6) is 0. The highest BCUT2D eigenvalue weighted by molar-refractivity contribution is 5.54. The predicted octanol–water partition coefficient (Wildman–Crippen LogP) is 1.29. The van der Waals surface area contributed by atoms with E-state index in [1.807, 2.05) is 0 Å². The van der Waals surface area contributed by atoms with Crippen LogP contribution in [0.5, 0.6) is 0 Å². The van der Waals surface area contributed by atoms with Crippen molar-refractivity contribution in [2.75, 3.05) is 31.6 Å². The van der Waals surface area contributed by atoms with E-state index in [0.717, 1.165) is 19.6 Å². The first kappa shape index (κ1) is 11.4. The fourth-order valence-corrected chi connectivity index (χ4v) is 2.46.